The van der Waals surface area contributed by atoms with E-state index in [9.17, 15) is 9.59 Å². The molecule has 0 aliphatic carbocycles. The number of hydrogen-bond acceptors (Lipinski definition) is 4. The van der Waals surface area contributed by atoms with Gasteiger partial charge in [-0.15, -0.1) is 0 Å². The number of carbonyl (C=O) groups excluding carboxylic acids is 2. The Morgan fingerprint density at radius 3 is 2.52 bits per heavy atom. The molecule has 2 aromatic rings. The first kappa shape index (κ1) is 16.6. The van der Waals surface area contributed by atoms with E-state index in [2.05, 4.69) is 5.32 Å². The first-order chi connectivity index (χ1) is 11.0. The Morgan fingerprint density at radius 2 is 1.87 bits per heavy atom. The zero-order valence-corrected chi connectivity index (χ0v) is 13.5. The standard InChI is InChI=1S/C17H20N2O4/c1-4-22-16(20)15-12(2)19(3)10-14(15)18-17(21)23-11-13-8-6-5-7-9-13/h5-10H,4,11H2,1-3H3,(H,18,21). The predicted octanol–water partition coefficient (Wildman–Crippen LogP) is 3.26. The van der Waals surface area contributed by atoms with Gasteiger partial charge in [-0.2, -0.15) is 0 Å². The molecule has 2 rings (SSSR count). The van der Waals surface area contributed by atoms with E-state index in [-0.39, 0.29) is 13.2 Å². The molecule has 23 heavy (non-hydrogen) atoms. The zero-order chi connectivity index (χ0) is 16.8. The third-order valence-electron chi connectivity index (χ3n) is 3.41. The molecule has 0 aliphatic heterocycles. The van der Waals surface area contributed by atoms with Crippen molar-refractivity contribution in [2.45, 2.75) is 20.5 Å². The third kappa shape index (κ3) is 4.12. The highest BCUT2D eigenvalue weighted by Gasteiger charge is 2.21. The van der Waals surface area contributed by atoms with E-state index < -0.39 is 12.1 Å². The Hall–Kier alpha value is -2.76. The maximum atomic E-state index is 12.0. The summed E-state index contributed by atoms with van der Waals surface area (Å²) in [5, 5.41) is 2.60. The number of aryl methyl sites for hydroxylation is 1. The van der Waals surface area contributed by atoms with Crippen LogP contribution < -0.4 is 5.32 Å². The van der Waals surface area contributed by atoms with Gasteiger partial charge in [0.15, 0.2) is 0 Å². The molecule has 0 unspecified atom stereocenters. The van der Waals surface area contributed by atoms with E-state index in [1.54, 1.807) is 31.7 Å². The lowest BCUT2D eigenvalue weighted by molar-refractivity contribution is 0.0526. The van der Waals surface area contributed by atoms with Crippen LogP contribution in [0, 0.1) is 6.92 Å². The predicted molar refractivity (Wildman–Crippen MR) is 86.4 cm³/mol. The number of hydrogen-bond donors (Lipinski definition) is 1. The van der Waals surface area contributed by atoms with Gasteiger partial charge in [-0.25, -0.2) is 9.59 Å². The Morgan fingerprint density at radius 1 is 1.17 bits per heavy atom. The summed E-state index contributed by atoms with van der Waals surface area (Å²) < 4.78 is 11.9. The van der Waals surface area contributed by atoms with Gasteiger partial charge in [-0.05, 0) is 19.4 Å². The Balaban J connectivity index is 2.06. The second-order valence-corrected chi connectivity index (χ2v) is 5.02. The first-order valence-corrected chi connectivity index (χ1v) is 7.33. The van der Waals surface area contributed by atoms with Crippen LogP contribution >= 0.6 is 0 Å². The SMILES string of the molecule is CCOC(=O)c1c(NC(=O)OCc2ccccc2)cn(C)c1C. The number of nitrogens with zero attached hydrogens (tertiary/aromatic N) is 1. The second-order valence-electron chi connectivity index (χ2n) is 5.02. The first-order valence-electron chi connectivity index (χ1n) is 7.33. The molecule has 0 radical (unpaired) electrons. The summed E-state index contributed by atoms with van der Waals surface area (Å²) in [4.78, 5) is 24.0. The maximum absolute atomic E-state index is 12.0. The van der Waals surface area contributed by atoms with Crippen LogP contribution in [0.2, 0.25) is 0 Å². The molecular weight excluding hydrogens is 296 g/mol. The van der Waals surface area contributed by atoms with Crippen molar-refractivity contribution in [3.63, 3.8) is 0 Å². The minimum Gasteiger partial charge on any atom is -0.462 e. The fourth-order valence-corrected chi connectivity index (χ4v) is 2.15. The Bertz CT molecular complexity index is 692. The van der Waals surface area contributed by atoms with Crippen LogP contribution in [0.15, 0.2) is 36.5 Å². The summed E-state index contributed by atoms with van der Waals surface area (Å²) >= 11 is 0. The van der Waals surface area contributed by atoms with Crippen LogP contribution in [0.25, 0.3) is 0 Å². The summed E-state index contributed by atoms with van der Waals surface area (Å²) in [7, 11) is 1.79. The van der Waals surface area contributed by atoms with Gasteiger partial charge in [0.05, 0.1) is 12.3 Å². The Labute approximate surface area is 135 Å². The minimum absolute atomic E-state index is 0.160. The van der Waals surface area contributed by atoms with Crippen LogP contribution in [0.5, 0.6) is 0 Å². The summed E-state index contributed by atoms with van der Waals surface area (Å²) in [6.07, 6.45) is 1.04. The van der Waals surface area contributed by atoms with Crippen molar-refractivity contribution in [1.29, 1.82) is 0 Å². The molecule has 0 saturated carbocycles. The highest BCUT2D eigenvalue weighted by atomic mass is 16.5. The van der Waals surface area contributed by atoms with Crippen molar-refractivity contribution in [3.8, 4) is 0 Å². The molecule has 0 spiro atoms. The third-order valence-corrected chi connectivity index (χ3v) is 3.41. The Kier molecular flexibility index (Phi) is 5.41. The second kappa shape index (κ2) is 7.49. The van der Waals surface area contributed by atoms with Gasteiger partial charge in [-0.1, -0.05) is 30.3 Å². The normalized spacial score (nSPS) is 10.2. The summed E-state index contributed by atoms with van der Waals surface area (Å²) in [5.74, 6) is -0.469. The monoisotopic (exact) mass is 316 g/mol. The van der Waals surface area contributed by atoms with Gasteiger partial charge in [0.1, 0.15) is 12.2 Å². The molecule has 1 aromatic heterocycles. The molecule has 0 bridgehead atoms. The lowest BCUT2D eigenvalue weighted by Crippen LogP contribution is -2.16. The van der Waals surface area contributed by atoms with E-state index in [1.165, 1.54) is 0 Å². The fourth-order valence-electron chi connectivity index (χ4n) is 2.15. The lowest BCUT2D eigenvalue weighted by Gasteiger charge is -2.08. The minimum atomic E-state index is -0.620. The van der Waals surface area contributed by atoms with E-state index in [0.717, 1.165) is 5.56 Å². The van der Waals surface area contributed by atoms with E-state index >= 15 is 0 Å². The molecule has 6 heteroatoms. The molecule has 1 aromatic carbocycles. The average molecular weight is 316 g/mol. The number of nitrogens with one attached hydrogen (secondary N) is 1. The zero-order valence-electron chi connectivity index (χ0n) is 13.5. The van der Waals surface area contributed by atoms with Gasteiger partial charge in [-0.3, -0.25) is 5.32 Å². The average Bonchev–Trinajstić information content (AvgIpc) is 2.81. The van der Waals surface area contributed by atoms with Crippen LogP contribution in [-0.4, -0.2) is 23.2 Å². The van der Waals surface area contributed by atoms with Crippen LogP contribution in [0.4, 0.5) is 10.5 Å². The van der Waals surface area contributed by atoms with E-state index in [4.69, 9.17) is 9.47 Å². The molecular formula is C17H20N2O4. The molecule has 1 amide bonds. The van der Waals surface area contributed by atoms with Crippen molar-refractivity contribution < 1.29 is 19.1 Å². The number of rotatable bonds is 5. The largest absolute Gasteiger partial charge is 0.462 e. The molecule has 0 fully saturated rings. The lowest BCUT2D eigenvalue weighted by atomic mass is 10.2. The molecule has 0 atom stereocenters. The molecule has 6 nitrogen and oxygen atoms in total. The number of amides is 1. The highest BCUT2D eigenvalue weighted by molar-refractivity contribution is 6.01. The molecule has 122 valence electrons. The number of esters is 1. The highest BCUT2D eigenvalue weighted by Crippen LogP contribution is 2.23. The number of anilines is 1. The molecule has 1 N–H and O–H groups in total. The topological polar surface area (TPSA) is 69.6 Å². The van der Waals surface area contributed by atoms with Crippen LogP contribution in [0.1, 0.15) is 28.5 Å². The van der Waals surface area contributed by atoms with Crippen molar-refractivity contribution in [1.82, 2.24) is 4.57 Å². The van der Waals surface area contributed by atoms with Crippen molar-refractivity contribution in [2.24, 2.45) is 7.05 Å². The van der Waals surface area contributed by atoms with Gasteiger partial charge in [0, 0.05) is 18.9 Å². The van der Waals surface area contributed by atoms with Crippen molar-refractivity contribution in [2.75, 3.05) is 11.9 Å². The van der Waals surface area contributed by atoms with Crippen molar-refractivity contribution in [3.05, 3.63) is 53.3 Å². The summed E-state index contributed by atoms with van der Waals surface area (Å²) in [5.41, 5.74) is 2.31. The van der Waals surface area contributed by atoms with Gasteiger partial charge >= 0.3 is 12.1 Å². The van der Waals surface area contributed by atoms with Gasteiger partial charge in [0.2, 0.25) is 0 Å². The van der Waals surface area contributed by atoms with E-state index in [1.807, 2.05) is 30.3 Å². The summed E-state index contributed by atoms with van der Waals surface area (Å²) in [6, 6.07) is 9.36. The van der Waals surface area contributed by atoms with Gasteiger partial charge < -0.3 is 14.0 Å². The van der Waals surface area contributed by atoms with Crippen LogP contribution in [-0.2, 0) is 23.1 Å². The number of aromatic nitrogens is 1. The molecule has 0 saturated heterocycles. The quantitative estimate of drug-likeness (QED) is 0.860. The summed E-state index contributed by atoms with van der Waals surface area (Å²) in [6.45, 7) is 3.95. The van der Waals surface area contributed by atoms with Crippen LogP contribution in [0.3, 0.4) is 0 Å². The van der Waals surface area contributed by atoms with E-state index in [0.29, 0.717) is 16.9 Å². The number of carbonyl (C=O) groups is 2. The van der Waals surface area contributed by atoms with Gasteiger partial charge in [0.25, 0.3) is 0 Å². The maximum Gasteiger partial charge on any atom is 0.412 e. The molecule has 0 aliphatic rings. The number of benzene rings is 1. The number of ether oxygens (including phenoxy) is 2. The fraction of sp³-hybridized carbons (Fsp3) is 0.294. The van der Waals surface area contributed by atoms with Crippen molar-refractivity contribution >= 4 is 17.7 Å². The smallest absolute Gasteiger partial charge is 0.412 e. The molecule has 1 heterocycles.